The van der Waals surface area contributed by atoms with E-state index in [9.17, 15) is 4.79 Å². The predicted octanol–water partition coefficient (Wildman–Crippen LogP) is 3.60. The average molecular weight is 290 g/mol. The Kier molecular flexibility index (Phi) is 3.92. The Morgan fingerprint density at radius 2 is 1.55 bits per heavy atom. The zero-order valence-corrected chi connectivity index (χ0v) is 12.1. The molecule has 0 unspecified atom stereocenters. The predicted molar refractivity (Wildman–Crippen MR) is 84.2 cm³/mol. The van der Waals surface area contributed by atoms with Gasteiger partial charge in [0.25, 0.3) is 0 Å². The molecule has 108 valence electrons. The first-order valence-corrected chi connectivity index (χ1v) is 6.82. The Balaban J connectivity index is 1.92. The Hall–Kier alpha value is -3.01. The van der Waals surface area contributed by atoms with Gasteiger partial charge in [0.1, 0.15) is 0 Å². The first-order chi connectivity index (χ1) is 10.8. The highest BCUT2D eigenvalue weighted by atomic mass is 16.5. The van der Waals surface area contributed by atoms with Crippen LogP contribution in [0.3, 0.4) is 0 Å². The molecule has 22 heavy (non-hydrogen) atoms. The van der Waals surface area contributed by atoms with Gasteiger partial charge in [0.2, 0.25) is 0 Å². The summed E-state index contributed by atoms with van der Waals surface area (Å²) < 4.78 is 4.72. The largest absolute Gasteiger partial charge is 0.465 e. The highest BCUT2D eigenvalue weighted by Crippen LogP contribution is 2.24. The van der Waals surface area contributed by atoms with E-state index in [2.05, 4.69) is 9.97 Å². The van der Waals surface area contributed by atoms with E-state index < -0.39 is 0 Å². The lowest BCUT2D eigenvalue weighted by Gasteiger charge is -2.06. The van der Waals surface area contributed by atoms with E-state index in [1.807, 2.05) is 42.6 Å². The lowest BCUT2D eigenvalue weighted by Crippen LogP contribution is -2.01. The first-order valence-electron chi connectivity index (χ1n) is 6.82. The van der Waals surface area contributed by atoms with Crippen LogP contribution in [0.15, 0.2) is 67.3 Å². The van der Waals surface area contributed by atoms with Crippen molar-refractivity contribution in [2.45, 2.75) is 0 Å². The minimum Gasteiger partial charge on any atom is -0.465 e. The molecule has 0 aliphatic heterocycles. The quantitative estimate of drug-likeness (QED) is 0.692. The van der Waals surface area contributed by atoms with E-state index in [4.69, 9.17) is 4.74 Å². The number of esters is 1. The molecule has 0 radical (unpaired) electrons. The summed E-state index contributed by atoms with van der Waals surface area (Å²) in [7, 11) is 1.36. The van der Waals surface area contributed by atoms with Crippen molar-refractivity contribution in [2.75, 3.05) is 7.11 Å². The van der Waals surface area contributed by atoms with Crippen LogP contribution in [-0.2, 0) is 4.74 Å². The van der Waals surface area contributed by atoms with Gasteiger partial charge in [0, 0.05) is 30.4 Å². The fourth-order valence-electron chi connectivity index (χ4n) is 2.22. The van der Waals surface area contributed by atoms with Gasteiger partial charge in [0.05, 0.1) is 12.7 Å². The number of hydrogen-bond donors (Lipinski definition) is 0. The lowest BCUT2D eigenvalue weighted by atomic mass is 10.0. The van der Waals surface area contributed by atoms with Gasteiger partial charge in [-0.3, -0.25) is 9.97 Å². The number of carbonyl (C=O) groups excluding carboxylic acids is 1. The van der Waals surface area contributed by atoms with E-state index in [0.717, 1.165) is 22.3 Å². The molecule has 0 bridgehead atoms. The van der Waals surface area contributed by atoms with Crippen LogP contribution >= 0.6 is 0 Å². The molecule has 0 fully saturated rings. The van der Waals surface area contributed by atoms with Gasteiger partial charge >= 0.3 is 5.97 Å². The van der Waals surface area contributed by atoms with Gasteiger partial charge in [-0.15, -0.1) is 0 Å². The Labute approximate surface area is 128 Å². The van der Waals surface area contributed by atoms with Crippen LogP contribution in [0, 0.1) is 0 Å². The van der Waals surface area contributed by atoms with Crippen LogP contribution in [-0.4, -0.2) is 23.0 Å². The minimum absolute atomic E-state index is 0.388. The van der Waals surface area contributed by atoms with Crippen LogP contribution in [0.4, 0.5) is 0 Å². The van der Waals surface area contributed by atoms with Crippen LogP contribution in [0.25, 0.3) is 22.3 Å². The van der Waals surface area contributed by atoms with Crippen molar-refractivity contribution in [1.29, 1.82) is 0 Å². The number of nitrogens with zero attached hydrogens (tertiary/aromatic N) is 2. The van der Waals surface area contributed by atoms with Gasteiger partial charge in [-0.05, 0) is 28.8 Å². The first kappa shape index (κ1) is 13.9. The monoisotopic (exact) mass is 290 g/mol. The molecule has 0 spiro atoms. The highest BCUT2D eigenvalue weighted by Gasteiger charge is 2.08. The summed E-state index contributed by atoms with van der Waals surface area (Å²) in [5, 5.41) is 0. The van der Waals surface area contributed by atoms with E-state index >= 15 is 0 Å². The molecule has 0 atom stereocenters. The summed E-state index contributed by atoms with van der Waals surface area (Å²) >= 11 is 0. The molecule has 0 saturated heterocycles. The summed E-state index contributed by atoms with van der Waals surface area (Å²) in [5.41, 5.74) is 4.47. The Bertz CT molecular complexity index is 784. The maximum atomic E-state index is 11.6. The number of carbonyl (C=O) groups is 1. The highest BCUT2D eigenvalue weighted by molar-refractivity contribution is 5.90. The summed E-state index contributed by atoms with van der Waals surface area (Å²) in [6.07, 6.45) is 6.81. The standard InChI is InChI=1S/C18H14N2O2/c1-22-18(21)17-9-16(11-20-12-17)14-6-4-13(5-7-14)15-3-2-8-19-10-15/h2-12H,1H3. The van der Waals surface area contributed by atoms with Crippen molar-refractivity contribution in [3.8, 4) is 22.3 Å². The van der Waals surface area contributed by atoms with E-state index in [1.54, 1.807) is 18.5 Å². The zero-order valence-electron chi connectivity index (χ0n) is 12.1. The number of ether oxygens (including phenoxy) is 1. The Morgan fingerprint density at radius 1 is 0.864 bits per heavy atom. The molecule has 4 heteroatoms. The van der Waals surface area contributed by atoms with E-state index in [-0.39, 0.29) is 5.97 Å². The van der Waals surface area contributed by atoms with Crippen molar-refractivity contribution in [2.24, 2.45) is 0 Å². The molecule has 3 aromatic rings. The molecule has 2 aromatic heterocycles. The SMILES string of the molecule is COC(=O)c1cncc(-c2ccc(-c3cccnc3)cc2)c1. The van der Waals surface area contributed by atoms with Gasteiger partial charge in [0.15, 0.2) is 0 Å². The number of aromatic nitrogens is 2. The second-order valence-corrected chi connectivity index (χ2v) is 4.77. The molecule has 0 aliphatic carbocycles. The number of benzene rings is 1. The smallest absolute Gasteiger partial charge is 0.339 e. The minimum atomic E-state index is -0.388. The third-order valence-electron chi connectivity index (χ3n) is 3.37. The third-order valence-corrected chi connectivity index (χ3v) is 3.37. The number of hydrogen-bond acceptors (Lipinski definition) is 4. The van der Waals surface area contributed by atoms with E-state index in [1.165, 1.54) is 13.3 Å². The van der Waals surface area contributed by atoms with Gasteiger partial charge in [-0.1, -0.05) is 30.3 Å². The van der Waals surface area contributed by atoms with Crippen LogP contribution in [0.5, 0.6) is 0 Å². The summed E-state index contributed by atoms with van der Waals surface area (Å²) in [6.45, 7) is 0. The Morgan fingerprint density at radius 3 is 2.18 bits per heavy atom. The van der Waals surface area contributed by atoms with Crippen LogP contribution in [0.2, 0.25) is 0 Å². The molecule has 4 nitrogen and oxygen atoms in total. The van der Waals surface area contributed by atoms with Gasteiger partial charge < -0.3 is 4.74 Å². The van der Waals surface area contributed by atoms with Crippen molar-refractivity contribution in [3.05, 3.63) is 72.8 Å². The van der Waals surface area contributed by atoms with Crippen molar-refractivity contribution in [3.63, 3.8) is 0 Å². The number of pyridine rings is 2. The van der Waals surface area contributed by atoms with Crippen molar-refractivity contribution in [1.82, 2.24) is 9.97 Å². The molecule has 2 heterocycles. The average Bonchev–Trinajstić information content (AvgIpc) is 2.62. The molecule has 0 saturated carbocycles. The number of rotatable bonds is 3. The normalized spacial score (nSPS) is 10.2. The third kappa shape index (κ3) is 2.86. The van der Waals surface area contributed by atoms with Crippen LogP contribution < -0.4 is 0 Å². The fraction of sp³-hybridized carbons (Fsp3) is 0.0556. The summed E-state index contributed by atoms with van der Waals surface area (Å²) in [4.78, 5) is 19.8. The second-order valence-electron chi connectivity index (χ2n) is 4.77. The molecule has 3 rings (SSSR count). The molecule has 0 amide bonds. The number of methoxy groups -OCH3 is 1. The van der Waals surface area contributed by atoms with Gasteiger partial charge in [-0.25, -0.2) is 4.79 Å². The summed E-state index contributed by atoms with van der Waals surface area (Å²) in [5.74, 6) is -0.388. The molecule has 0 N–H and O–H groups in total. The van der Waals surface area contributed by atoms with Crippen LogP contribution in [0.1, 0.15) is 10.4 Å². The van der Waals surface area contributed by atoms with Gasteiger partial charge in [-0.2, -0.15) is 0 Å². The molecule has 0 aliphatic rings. The van der Waals surface area contributed by atoms with Crippen molar-refractivity contribution >= 4 is 5.97 Å². The maximum absolute atomic E-state index is 11.6. The van der Waals surface area contributed by atoms with Crippen molar-refractivity contribution < 1.29 is 9.53 Å². The zero-order chi connectivity index (χ0) is 15.4. The second kappa shape index (κ2) is 6.18. The molecule has 1 aromatic carbocycles. The topological polar surface area (TPSA) is 52.1 Å². The van der Waals surface area contributed by atoms with E-state index in [0.29, 0.717) is 5.56 Å². The maximum Gasteiger partial charge on any atom is 0.339 e. The lowest BCUT2D eigenvalue weighted by molar-refractivity contribution is 0.0600. The summed E-state index contributed by atoms with van der Waals surface area (Å²) in [6, 6.07) is 13.8. The molecular formula is C18H14N2O2. The molecular weight excluding hydrogens is 276 g/mol. The fourth-order valence-corrected chi connectivity index (χ4v) is 2.22.